The number of carbonyl (C=O) groups excluding carboxylic acids is 1. The molecule has 0 aromatic heterocycles. The van der Waals surface area contributed by atoms with Crippen LogP contribution in [0.3, 0.4) is 0 Å². The van der Waals surface area contributed by atoms with Crippen LogP contribution in [0.25, 0.3) is 0 Å². The van der Waals surface area contributed by atoms with Crippen molar-refractivity contribution in [3.8, 4) is 0 Å². The van der Waals surface area contributed by atoms with E-state index in [1.807, 2.05) is 49.3 Å². The summed E-state index contributed by atoms with van der Waals surface area (Å²) in [6, 6.07) is 9.50. The average Bonchev–Trinajstić information content (AvgIpc) is 2.96. The number of esters is 1. The van der Waals surface area contributed by atoms with E-state index in [1.165, 1.54) is 4.90 Å². The van der Waals surface area contributed by atoms with Gasteiger partial charge in [-0.05, 0) is 12.1 Å². The number of nitrogens with one attached hydrogen (secondary N) is 1. The fraction of sp³-hybridized carbons (Fsp3) is 0.412. The lowest BCUT2D eigenvalue weighted by atomic mass is 10.2. The molecule has 0 saturated carbocycles. The van der Waals surface area contributed by atoms with Crippen LogP contribution in [0.5, 0.6) is 0 Å². The third-order valence-corrected chi connectivity index (χ3v) is 4.05. The maximum atomic E-state index is 12.3. The molecular weight excluding hydrogens is 294 g/mol. The van der Waals surface area contributed by atoms with E-state index in [1.54, 1.807) is 0 Å². The van der Waals surface area contributed by atoms with Crippen LogP contribution in [0.2, 0.25) is 0 Å². The lowest BCUT2D eigenvalue weighted by Gasteiger charge is -2.27. The first-order chi connectivity index (χ1) is 11.1. The van der Waals surface area contributed by atoms with E-state index in [-0.39, 0.29) is 5.97 Å². The minimum Gasteiger partial charge on any atom is -0.402 e. The molecule has 2 heterocycles. The predicted molar refractivity (Wildman–Crippen MR) is 86.2 cm³/mol. The van der Waals surface area contributed by atoms with Crippen LogP contribution >= 0.6 is 0 Å². The van der Waals surface area contributed by atoms with Crippen molar-refractivity contribution in [1.29, 1.82) is 0 Å². The first kappa shape index (κ1) is 15.7. The number of benzene rings is 1. The Morgan fingerprint density at radius 2 is 1.91 bits per heavy atom. The van der Waals surface area contributed by atoms with Crippen LogP contribution in [0, 0.1) is 0 Å². The summed E-state index contributed by atoms with van der Waals surface area (Å²) in [5.41, 5.74) is 2.12. The molecule has 0 aliphatic carbocycles. The summed E-state index contributed by atoms with van der Waals surface area (Å²) >= 11 is 0. The molecule has 0 amide bonds. The molecule has 2 aliphatic rings. The molecule has 0 unspecified atom stereocenters. The second kappa shape index (κ2) is 6.93. The topological polar surface area (TPSA) is 55.6 Å². The van der Waals surface area contributed by atoms with Gasteiger partial charge in [-0.1, -0.05) is 18.2 Å². The Labute approximate surface area is 136 Å². The quantitative estimate of drug-likeness (QED) is 0.611. The molecule has 6 heteroatoms. The number of hydrogen-bond donors (Lipinski definition) is 1. The summed E-state index contributed by atoms with van der Waals surface area (Å²) in [4.78, 5) is 20.1. The molecule has 0 bridgehead atoms. The van der Waals surface area contributed by atoms with Gasteiger partial charge < -0.3 is 19.3 Å². The highest BCUT2D eigenvalue weighted by atomic mass is 16.6. The summed E-state index contributed by atoms with van der Waals surface area (Å²) in [6.07, 6.45) is 0. The number of ether oxygens (including phenoxy) is 2. The van der Waals surface area contributed by atoms with Crippen LogP contribution in [0.4, 0.5) is 0 Å². The van der Waals surface area contributed by atoms with E-state index in [0.29, 0.717) is 11.6 Å². The molecule has 1 N–H and O–H groups in total. The van der Waals surface area contributed by atoms with E-state index in [4.69, 9.17) is 9.47 Å². The van der Waals surface area contributed by atoms with Crippen LogP contribution in [0.1, 0.15) is 5.56 Å². The number of rotatable bonds is 4. The zero-order chi connectivity index (χ0) is 16.2. The second-order valence-corrected chi connectivity index (χ2v) is 5.90. The Morgan fingerprint density at radius 1 is 1.22 bits per heavy atom. The highest BCUT2D eigenvalue weighted by molar-refractivity contribution is 6.11. The Bertz CT molecular complexity index is 632. The van der Waals surface area contributed by atoms with Crippen molar-refractivity contribution in [3.05, 3.63) is 47.3 Å². The molecule has 6 nitrogen and oxygen atoms in total. The highest BCUT2D eigenvalue weighted by Crippen LogP contribution is 2.19. The normalized spacial score (nSPS) is 21.0. The third-order valence-electron chi connectivity index (χ3n) is 4.05. The van der Waals surface area contributed by atoms with Gasteiger partial charge in [-0.25, -0.2) is 9.79 Å². The van der Waals surface area contributed by atoms with E-state index in [9.17, 15) is 4.79 Å². The number of morpholine rings is 1. The molecule has 0 atom stereocenters. The number of nitrogens with zero attached hydrogens (tertiary/aromatic N) is 2. The lowest BCUT2D eigenvalue weighted by molar-refractivity contribution is -0.904. The molecule has 1 saturated heterocycles. The van der Waals surface area contributed by atoms with Gasteiger partial charge in [-0.2, -0.15) is 0 Å². The molecule has 1 fully saturated rings. The molecule has 23 heavy (non-hydrogen) atoms. The van der Waals surface area contributed by atoms with Gasteiger partial charge in [0.15, 0.2) is 5.70 Å². The third kappa shape index (κ3) is 3.60. The molecule has 1 aromatic rings. The van der Waals surface area contributed by atoms with Crippen molar-refractivity contribution in [3.63, 3.8) is 0 Å². The second-order valence-electron chi connectivity index (χ2n) is 5.90. The van der Waals surface area contributed by atoms with Crippen molar-refractivity contribution in [1.82, 2.24) is 4.90 Å². The van der Waals surface area contributed by atoms with Gasteiger partial charge in [0.2, 0.25) is 5.90 Å². The van der Waals surface area contributed by atoms with Crippen molar-refractivity contribution in [2.24, 2.45) is 4.99 Å². The van der Waals surface area contributed by atoms with Gasteiger partial charge in [0.05, 0.1) is 13.2 Å². The first-order valence-electron chi connectivity index (χ1n) is 7.83. The van der Waals surface area contributed by atoms with E-state index in [0.717, 1.165) is 44.1 Å². The van der Waals surface area contributed by atoms with Crippen molar-refractivity contribution < 1.29 is 19.2 Å². The van der Waals surface area contributed by atoms with E-state index < -0.39 is 0 Å². The van der Waals surface area contributed by atoms with Gasteiger partial charge in [-0.3, -0.25) is 0 Å². The van der Waals surface area contributed by atoms with Gasteiger partial charge in [-0.15, -0.1) is 0 Å². The molecule has 3 rings (SSSR count). The van der Waals surface area contributed by atoms with Crippen molar-refractivity contribution in [2.75, 3.05) is 46.9 Å². The van der Waals surface area contributed by atoms with Crippen LogP contribution in [-0.2, 0) is 14.3 Å². The van der Waals surface area contributed by atoms with Gasteiger partial charge >= 0.3 is 5.97 Å². The average molecular weight is 316 g/mol. The van der Waals surface area contributed by atoms with E-state index in [2.05, 4.69) is 4.99 Å². The summed E-state index contributed by atoms with van der Waals surface area (Å²) in [5.74, 6) is 0.00198. The predicted octanol–water partition coefficient (Wildman–Crippen LogP) is -0.322. The van der Waals surface area contributed by atoms with Gasteiger partial charge in [0.1, 0.15) is 25.3 Å². The summed E-state index contributed by atoms with van der Waals surface area (Å²) < 4.78 is 10.8. The highest BCUT2D eigenvalue weighted by Gasteiger charge is 2.30. The Kier molecular flexibility index (Phi) is 4.73. The largest absolute Gasteiger partial charge is 0.402 e. The number of hydrogen-bond acceptors (Lipinski definition) is 5. The molecule has 1 aromatic carbocycles. The minimum absolute atomic E-state index is 0.375. The van der Waals surface area contributed by atoms with Gasteiger partial charge in [0.25, 0.3) is 0 Å². The SMILES string of the molecule is CN(C)/C(C[NH+]1CCOCC1)=C1\N=C(c2ccccc2)OC1=O. The lowest BCUT2D eigenvalue weighted by Crippen LogP contribution is -3.14. The first-order valence-corrected chi connectivity index (χ1v) is 7.83. The summed E-state index contributed by atoms with van der Waals surface area (Å²) in [7, 11) is 3.87. The van der Waals surface area contributed by atoms with Gasteiger partial charge in [0, 0.05) is 19.7 Å². The zero-order valence-electron chi connectivity index (χ0n) is 13.5. The fourth-order valence-corrected chi connectivity index (χ4v) is 2.72. The van der Waals surface area contributed by atoms with Crippen molar-refractivity contribution in [2.45, 2.75) is 0 Å². The number of aliphatic imine (C=N–C) groups is 1. The minimum atomic E-state index is -0.375. The van der Waals surface area contributed by atoms with Crippen LogP contribution in [-0.4, -0.2) is 63.7 Å². The molecule has 0 radical (unpaired) electrons. The Hall–Kier alpha value is -2.18. The fourth-order valence-electron chi connectivity index (χ4n) is 2.72. The molecular formula is C17H22N3O3+. The Morgan fingerprint density at radius 3 is 2.57 bits per heavy atom. The van der Waals surface area contributed by atoms with Crippen LogP contribution < -0.4 is 4.90 Å². The molecule has 2 aliphatic heterocycles. The molecule has 0 spiro atoms. The maximum absolute atomic E-state index is 12.3. The maximum Gasteiger partial charge on any atom is 0.365 e. The Balaban J connectivity index is 1.88. The standard InChI is InChI=1S/C17H21N3O3/c1-19(2)14(12-20-8-10-22-11-9-20)15-17(21)23-16(18-15)13-6-4-3-5-7-13/h3-7H,8-12H2,1-2H3/p+1/b15-14-. The summed E-state index contributed by atoms with van der Waals surface area (Å²) in [5, 5.41) is 0. The monoisotopic (exact) mass is 316 g/mol. The number of quaternary nitrogens is 1. The number of likely N-dealkylation sites (N-methyl/N-ethyl adjacent to an activating group) is 1. The molecule has 122 valence electrons. The number of carbonyl (C=O) groups is 1. The van der Waals surface area contributed by atoms with Crippen LogP contribution in [0.15, 0.2) is 46.7 Å². The smallest absolute Gasteiger partial charge is 0.365 e. The number of cyclic esters (lactones) is 1. The summed E-state index contributed by atoms with van der Waals surface area (Å²) in [6.45, 7) is 4.14. The zero-order valence-corrected chi connectivity index (χ0v) is 13.5. The van der Waals surface area contributed by atoms with E-state index >= 15 is 0 Å². The van der Waals surface area contributed by atoms with Crippen molar-refractivity contribution >= 4 is 11.9 Å².